The summed E-state index contributed by atoms with van der Waals surface area (Å²) in [5.41, 5.74) is 1.12. The van der Waals surface area contributed by atoms with Crippen molar-refractivity contribution in [2.45, 2.75) is 66.0 Å². The molecule has 1 aromatic heterocycles. The number of carbonyl (C=O) groups excluding carboxylic acids is 1. The second-order valence-electron chi connectivity index (χ2n) is 8.71. The van der Waals surface area contributed by atoms with Crippen molar-refractivity contribution in [3.8, 4) is 0 Å². The molecule has 0 spiro atoms. The van der Waals surface area contributed by atoms with E-state index < -0.39 is 0 Å². The van der Waals surface area contributed by atoms with E-state index >= 15 is 0 Å². The zero-order valence-electron chi connectivity index (χ0n) is 17.3. The summed E-state index contributed by atoms with van der Waals surface area (Å²) < 4.78 is 10.9. The second-order valence-corrected chi connectivity index (χ2v) is 8.71. The maximum Gasteiger partial charge on any atom is 0.223 e. The van der Waals surface area contributed by atoms with Gasteiger partial charge in [-0.2, -0.15) is 0 Å². The van der Waals surface area contributed by atoms with Gasteiger partial charge in [-0.1, -0.05) is 32.9 Å². The highest BCUT2D eigenvalue weighted by Crippen LogP contribution is 2.47. The highest BCUT2D eigenvalue weighted by atomic mass is 16.5. The molecule has 1 saturated heterocycles. The normalized spacial score (nSPS) is 25.4. The summed E-state index contributed by atoms with van der Waals surface area (Å²) >= 11 is 0. The summed E-state index contributed by atoms with van der Waals surface area (Å²) in [7, 11) is 0. The van der Waals surface area contributed by atoms with Crippen LogP contribution in [-0.2, 0) is 22.5 Å². The van der Waals surface area contributed by atoms with Crippen LogP contribution in [0, 0.1) is 17.3 Å². The lowest BCUT2D eigenvalue weighted by Crippen LogP contribution is -2.59. The van der Waals surface area contributed by atoms with Gasteiger partial charge in [0.05, 0.1) is 25.5 Å². The molecule has 27 heavy (non-hydrogen) atoms. The topological polar surface area (TPSA) is 67.6 Å². The Kier molecular flexibility index (Phi) is 6.58. The van der Waals surface area contributed by atoms with Gasteiger partial charge in [-0.15, -0.1) is 0 Å². The standard InChI is InChI=1S/C21H35N3O3/c1-5-15(6-2)20(25)22-19-12-16(21(19,3)4)11-17-13-18(27-23-17)14-24-7-9-26-10-8-24/h13,15-16,19H,5-12,14H2,1-4H3,(H,22,25)/t16-,19+/m1/s1. The highest BCUT2D eigenvalue weighted by Gasteiger charge is 2.49. The molecule has 1 aromatic rings. The molecule has 0 aromatic carbocycles. The molecular weight excluding hydrogens is 342 g/mol. The van der Waals surface area contributed by atoms with Crippen LogP contribution in [0.15, 0.2) is 10.6 Å². The van der Waals surface area contributed by atoms with Crippen LogP contribution in [0.5, 0.6) is 0 Å². The van der Waals surface area contributed by atoms with Crippen LogP contribution in [-0.4, -0.2) is 48.3 Å². The van der Waals surface area contributed by atoms with E-state index in [2.05, 4.69) is 49.1 Å². The van der Waals surface area contributed by atoms with Crippen molar-refractivity contribution in [2.75, 3.05) is 26.3 Å². The lowest BCUT2D eigenvalue weighted by molar-refractivity contribution is -0.129. The molecule has 3 rings (SSSR count). The fourth-order valence-electron chi connectivity index (χ4n) is 4.31. The minimum absolute atomic E-state index is 0.0883. The predicted octanol–water partition coefficient (Wildman–Crippen LogP) is 3.02. The van der Waals surface area contributed by atoms with Gasteiger partial charge in [0.25, 0.3) is 0 Å². The third kappa shape index (κ3) is 4.72. The van der Waals surface area contributed by atoms with Crippen molar-refractivity contribution in [1.29, 1.82) is 0 Å². The lowest BCUT2D eigenvalue weighted by Gasteiger charge is -2.52. The van der Waals surface area contributed by atoms with Crippen LogP contribution < -0.4 is 5.32 Å². The number of aromatic nitrogens is 1. The molecule has 2 atom stereocenters. The SMILES string of the molecule is CCC(CC)C(=O)N[C@H]1C[C@@H](Cc2cc(CN3CCOCC3)on2)C1(C)C. The van der Waals surface area contributed by atoms with Crippen molar-refractivity contribution >= 4 is 5.91 Å². The third-order valence-electron chi connectivity index (χ3n) is 6.69. The second kappa shape index (κ2) is 8.74. The zero-order chi connectivity index (χ0) is 19.4. The van der Waals surface area contributed by atoms with Gasteiger partial charge in [-0.05, 0) is 37.0 Å². The summed E-state index contributed by atoms with van der Waals surface area (Å²) in [6, 6.07) is 2.36. The van der Waals surface area contributed by atoms with Crippen LogP contribution in [0.3, 0.4) is 0 Å². The number of hydrogen-bond acceptors (Lipinski definition) is 5. The number of rotatable bonds is 8. The molecule has 152 valence electrons. The Morgan fingerprint density at radius 3 is 2.67 bits per heavy atom. The van der Waals surface area contributed by atoms with Crippen molar-refractivity contribution < 1.29 is 14.1 Å². The summed E-state index contributed by atoms with van der Waals surface area (Å²) in [6.07, 6.45) is 3.75. The largest absolute Gasteiger partial charge is 0.379 e. The van der Waals surface area contributed by atoms with Gasteiger partial charge in [0.1, 0.15) is 0 Å². The Hall–Kier alpha value is -1.40. The van der Waals surface area contributed by atoms with Crippen LogP contribution >= 0.6 is 0 Å². The molecule has 2 fully saturated rings. The van der Waals surface area contributed by atoms with Crippen LogP contribution in [0.2, 0.25) is 0 Å². The molecule has 1 saturated carbocycles. The quantitative estimate of drug-likeness (QED) is 0.754. The summed E-state index contributed by atoms with van der Waals surface area (Å²) in [4.78, 5) is 14.7. The smallest absolute Gasteiger partial charge is 0.223 e. The summed E-state index contributed by atoms with van der Waals surface area (Å²) in [5.74, 6) is 1.80. The van der Waals surface area contributed by atoms with E-state index in [0.29, 0.717) is 5.92 Å². The monoisotopic (exact) mass is 377 g/mol. The number of hydrogen-bond donors (Lipinski definition) is 1. The molecule has 0 bridgehead atoms. The minimum Gasteiger partial charge on any atom is -0.379 e. The Balaban J connectivity index is 1.49. The van der Waals surface area contributed by atoms with Gasteiger partial charge in [-0.25, -0.2) is 0 Å². The average Bonchev–Trinajstić information content (AvgIpc) is 3.10. The Morgan fingerprint density at radius 1 is 1.33 bits per heavy atom. The molecular formula is C21H35N3O3. The molecule has 6 heteroatoms. The van der Waals surface area contributed by atoms with Crippen LogP contribution in [0.1, 0.15) is 58.4 Å². The van der Waals surface area contributed by atoms with Gasteiger partial charge in [-0.3, -0.25) is 9.69 Å². The van der Waals surface area contributed by atoms with Crippen molar-refractivity contribution in [1.82, 2.24) is 15.4 Å². The first-order valence-corrected chi connectivity index (χ1v) is 10.5. The van der Waals surface area contributed by atoms with Gasteiger partial charge in [0.2, 0.25) is 5.91 Å². The fourth-order valence-corrected chi connectivity index (χ4v) is 4.31. The van der Waals surface area contributed by atoms with Crippen molar-refractivity contribution in [3.05, 3.63) is 17.5 Å². The first-order valence-electron chi connectivity index (χ1n) is 10.5. The fraction of sp³-hybridized carbons (Fsp3) is 0.810. The van der Waals surface area contributed by atoms with Gasteiger partial charge < -0.3 is 14.6 Å². The first kappa shape index (κ1) is 20.3. The van der Waals surface area contributed by atoms with E-state index in [4.69, 9.17) is 9.26 Å². The van der Waals surface area contributed by atoms with Gasteiger partial charge >= 0.3 is 0 Å². The molecule has 1 amide bonds. The molecule has 1 aliphatic heterocycles. The number of carbonyl (C=O) groups is 1. The maximum atomic E-state index is 12.4. The molecule has 6 nitrogen and oxygen atoms in total. The van der Waals surface area contributed by atoms with Crippen molar-refractivity contribution in [3.63, 3.8) is 0 Å². The first-order chi connectivity index (χ1) is 12.9. The van der Waals surface area contributed by atoms with E-state index in [1.807, 2.05) is 0 Å². The van der Waals surface area contributed by atoms with E-state index in [1.165, 1.54) is 0 Å². The molecule has 2 aliphatic rings. The molecule has 1 N–H and O–H groups in total. The number of nitrogens with one attached hydrogen (secondary N) is 1. The Bertz CT molecular complexity index is 618. The summed E-state index contributed by atoms with van der Waals surface area (Å²) in [5, 5.41) is 7.57. The number of amides is 1. The lowest BCUT2D eigenvalue weighted by atomic mass is 9.57. The van der Waals surface area contributed by atoms with Gasteiger partial charge in [0.15, 0.2) is 5.76 Å². The molecule has 1 aliphatic carbocycles. The zero-order valence-corrected chi connectivity index (χ0v) is 17.3. The Morgan fingerprint density at radius 2 is 2.04 bits per heavy atom. The van der Waals surface area contributed by atoms with Crippen LogP contribution in [0.4, 0.5) is 0 Å². The number of nitrogens with zero attached hydrogens (tertiary/aromatic N) is 2. The summed E-state index contributed by atoms with van der Waals surface area (Å²) in [6.45, 7) is 13.0. The van der Waals surface area contributed by atoms with E-state index in [1.54, 1.807) is 0 Å². The average molecular weight is 378 g/mol. The number of morpholine rings is 1. The molecule has 2 heterocycles. The third-order valence-corrected chi connectivity index (χ3v) is 6.69. The molecule has 0 unspecified atom stereocenters. The van der Waals surface area contributed by atoms with Crippen molar-refractivity contribution in [2.24, 2.45) is 17.3 Å². The van der Waals surface area contributed by atoms with E-state index in [0.717, 1.165) is 70.0 Å². The molecule has 0 radical (unpaired) electrons. The highest BCUT2D eigenvalue weighted by molar-refractivity contribution is 5.79. The minimum atomic E-state index is 0.0883. The van der Waals surface area contributed by atoms with Gasteiger partial charge in [0, 0.05) is 31.1 Å². The maximum absolute atomic E-state index is 12.4. The Labute approximate surface area is 163 Å². The number of ether oxygens (including phenoxy) is 1. The van der Waals surface area contributed by atoms with Crippen LogP contribution in [0.25, 0.3) is 0 Å². The van der Waals surface area contributed by atoms with E-state index in [9.17, 15) is 4.79 Å². The predicted molar refractivity (Wildman–Crippen MR) is 104 cm³/mol. The van der Waals surface area contributed by atoms with E-state index in [-0.39, 0.29) is 23.3 Å².